The number of anilines is 1. The van der Waals surface area contributed by atoms with Gasteiger partial charge >= 0.3 is 0 Å². The van der Waals surface area contributed by atoms with E-state index in [9.17, 15) is 9.59 Å². The minimum atomic E-state index is -0.410. The number of fused-ring (bicyclic) bond motifs is 1. The second-order valence-electron chi connectivity index (χ2n) is 7.47. The Morgan fingerprint density at radius 3 is 2.42 bits per heavy atom. The van der Waals surface area contributed by atoms with Crippen LogP contribution in [0.1, 0.15) is 16.3 Å². The van der Waals surface area contributed by atoms with Gasteiger partial charge in [-0.15, -0.1) is 0 Å². The van der Waals surface area contributed by atoms with Crippen LogP contribution >= 0.6 is 0 Å². The fraction of sp³-hybridized carbons (Fsp3) is 0.0385. The average molecular weight is 433 g/mol. The molecule has 2 aromatic heterocycles. The fourth-order valence-corrected chi connectivity index (χ4v) is 3.66. The summed E-state index contributed by atoms with van der Waals surface area (Å²) in [5, 5.41) is 8.26. The molecule has 0 bridgehead atoms. The molecular formula is C26H19N5O2. The molecule has 0 radical (unpaired) electrons. The highest BCUT2D eigenvalue weighted by Gasteiger charge is 2.18. The highest BCUT2D eigenvalue weighted by atomic mass is 16.2. The van der Waals surface area contributed by atoms with Crippen molar-refractivity contribution in [2.75, 3.05) is 5.32 Å². The monoisotopic (exact) mass is 433 g/mol. The highest BCUT2D eigenvalue weighted by Crippen LogP contribution is 2.22. The number of amides is 1. The SMILES string of the molecule is Cc1nccc(-c2cccc(NC(=O)c3nn(-c4ccccc4)c(=O)c4ccccc34)c2)n1. The molecule has 5 aromatic rings. The van der Waals surface area contributed by atoms with E-state index >= 15 is 0 Å². The lowest BCUT2D eigenvalue weighted by Gasteiger charge is -2.12. The van der Waals surface area contributed by atoms with E-state index in [-0.39, 0.29) is 11.3 Å². The number of rotatable bonds is 4. The van der Waals surface area contributed by atoms with Crippen LogP contribution < -0.4 is 10.9 Å². The van der Waals surface area contributed by atoms with E-state index in [1.165, 1.54) is 4.68 Å². The lowest BCUT2D eigenvalue weighted by atomic mass is 10.1. The molecule has 33 heavy (non-hydrogen) atoms. The molecule has 0 aliphatic rings. The van der Waals surface area contributed by atoms with Gasteiger partial charge in [-0.2, -0.15) is 9.78 Å². The van der Waals surface area contributed by atoms with Gasteiger partial charge in [-0.25, -0.2) is 9.97 Å². The zero-order valence-corrected chi connectivity index (χ0v) is 17.8. The molecule has 0 aliphatic carbocycles. The second-order valence-corrected chi connectivity index (χ2v) is 7.47. The molecule has 0 fully saturated rings. The van der Waals surface area contributed by atoms with Gasteiger partial charge in [0.1, 0.15) is 5.82 Å². The van der Waals surface area contributed by atoms with E-state index in [2.05, 4.69) is 20.4 Å². The first-order valence-electron chi connectivity index (χ1n) is 10.4. The zero-order chi connectivity index (χ0) is 22.8. The van der Waals surface area contributed by atoms with Crippen LogP contribution in [0.15, 0.2) is 95.9 Å². The predicted molar refractivity (Wildman–Crippen MR) is 127 cm³/mol. The van der Waals surface area contributed by atoms with Crippen LogP contribution in [0.4, 0.5) is 5.69 Å². The molecule has 0 atom stereocenters. The van der Waals surface area contributed by atoms with E-state index in [1.54, 1.807) is 48.7 Å². The van der Waals surface area contributed by atoms with Crippen LogP contribution in [0.3, 0.4) is 0 Å². The fourth-order valence-electron chi connectivity index (χ4n) is 3.66. The van der Waals surface area contributed by atoms with Crippen molar-refractivity contribution >= 4 is 22.4 Å². The summed E-state index contributed by atoms with van der Waals surface area (Å²) in [6, 6.07) is 25.3. The standard InChI is InChI=1S/C26H19N5O2/c1-17-27-15-14-23(28-17)18-8-7-9-19(16-18)29-25(32)24-21-12-5-6-13-22(21)26(33)31(30-24)20-10-3-2-4-11-20/h2-16H,1H3,(H,29,32). The van der Waals surface area contributed by atoms with Gasteiger partial charge in [0.15, 0.2) is 5.69 Å². The molecule has 1 N–H and O–H groups in total. The second kappa shape index (κ2) is 8.47. The summed E-state index contributed by atoms with van der Waals surface area (Å²) in [7, 11) is 0. The minimum Gasteiger partial charge on any atom is -0.321 e. The van der Waals surface area contributed by atoms with Crippen molar-refractivity contribution in [3.63, 3.8) is 0 Å². The maximum absolute atomic E-state index is 13.3. The molecule has 7 nitrogen and oxygen atoms in total. The molecule has 160 valence electrons. The van der Waals surface area contributed by atoms with Crippen LogP contribution in [0, 0.1) is 6.92 Å². The van der Waals surface area contributed by atoms with Crippen molar-refractivity contribution in [3.8, 4) is 16.9 Å². The first-order valence-corrected chi connectivity index (χ1v) is 10.4. The molecule has 5 rings (SSSR count). The van der Waals surface area contributed by atoms with Gasteiger partial charge in [0.2, 0.25) is 0 Å². The Morgan fingerprint density at radius 1 is 0.879 bits per heavy atom. The first kappa shape index (κ1) is 20.3. The van der Waals surface area contributed by atoms with Gasteiger partial charge in [-0.05, 0) is 43.3 Å². The van der Waals surface area contributed by atoms with Gasteiger partial charge < -0.3 is 5.32 Å². The number of aromatic nitrogens is 4. The van der Waals surface area contributed by atoms with Crippen molar-refractivity contribution < 1.29 is 4.79 Å². The number of aryl methyl sites for hydroxylation is 1. The van der Waals surface area contributed by atoms with Crippen molar-refractivity contribution in [2.45, 2.75) is 6.92 Å². The molecule has 2 heterocycles. The Balaban J connectivity index is 1.56. The third-order valence-electron chi connectivity index (χ3n) is 5.21. The zero-order valence-electron chi connectivity index (χ0n) is 17.8. The van der Waals surface area contributed by atoms with Gasteiger partial charge in [0, 0.05) is 22.8 Å². The van der Waals surface area contributed by atoms with Crippen LogP contribution in [0.2, 0.25) is 0 Å². The molecule has 0 spiro atoms. The molecule has 0 aliphatic heterocycles. The predicted octanol–water partition coefficient (Wildman–Crippen LogP) is 4.40. The number of para-hydroxylation sites is 1. The topological polar surface area (TPSA) is 89.8 Å². The summed E-state index contributed by atoms with van der Waals surface area (Å²) in [6.45, 7) is 1.83. The normalized spacial score (nSPS) is 10.8. The van der Waals surface area contributed by atoms with Gasteiger partial charge in [-0.1, -0.05) is 48.5 Å². The maximum atomic E-state index is 13.3. The van der Waals surface area contributed by atoms with Crippen LogP contribution in [0.5, 0.6) is 0 Å². The summed E-state index contributed by atoms with van der Waals surface area (Å²) in [5.74, 6) is 0.257. The lowest BCUT2D eigenvalue weighted by molar-refractivity contribution is 0.102. The Morgan fingerprint density at radius 2 is 1.64 bits per heavy atom. The number of hydrogen-bond acceptors (Lipinski definition) is 5. The van der Waals surface area contributed by atoms with E-state index in [1.807, 2.05) is 49.4 Å². The summed E-state index contributed by atoms with van der Waals surface area (Å²) in [6.07, 6.45) is 1.70. The first-order chi connectivity index (χ1) is 16.1. The van der Waals surface area contributed by atoms with Crippen molar-refractivity contribution in [1.29, 1.82) is 0 Å². The van der Waals surface area contributed by atoms with Crippen molar-refractivity contribution in [1.82, 2.24) is 19.7 Å². The van der Waals surface area contributed by atoms with E-state index in [0.717, 1.165) is 11.3 Å². The average Bonchev–Trinajstić information content (AvgIpc) is 2.85. The largest absolute Gasteiger partial charge is 0.321 e. The minimum absolute atomic E-state index is 0.164. The summed E-state index contributed by atoms with van der Waals surface area (Å²) in [4.78, 5) is 34.9. The number of nitrogens with one attached hydrogen (secondary N) is 1. The molecular weight excluding hydrogens is 414 g/mol. The Kier molecular flexibility index (Phi) is 5.20. The smallest absolute Gasteiger partial charge is 0.279 e. The third-order valence-corrected chi connectivity index (χ3v) is 5.21. The van der Waals surface area contributed by atoms with Gasteiger partial charge in [0.05, 0.1) is 16.8 Å². The van der Waals surface area contributed by atoms with Crippen LogP contribution in [0.25, 0.3) is 27.7 Å². The maximum Gasteiger partial charge on any atom is 0.279 e. The summed E-state index contributed by atoms with van der Waals surface area (Å²) < 4.78 is 1.26. The molecule has 1 amide bonds. The van der Waals surface area contributed by atoms with E-state index in [0.29, 0.717) is 28.0 Å². The number of nitrogens with zero attached hydrogens (tertiary/aromatic N) is 4. The Hall–Kier alpha value is -4.65. The van der Waals surface area contributed by atoms with Gasteiger partial charge in [-0.3, -0.25) is 9.59 Å². The Labute approximate surface area is 189 Å². The molecule has 0 saturated heterocycles. The molecule has 0 saturated carbocycles. The lowest BCUT2D eigenvalue weighted by Crippen LogP contribution is -2.26. The van der Waals surface area contributed by atoms with Crippen LogP contribution in [-0.4, -0.2) is 25.7 Å². The molecule has 3 aromatic carbocycles. The van der Waals surface area contributed by atoms with Gasteiger partial charge in [0.25, 0.3) is 11.5 Å². The third kappa shape index (κ3) is 3.99. The number of hydrogen-bond donors (Lipinski definition) is 1. The van der Waals surface area contributed by atoms with Crippen LogP contribution in [-0.2, 0) is 0 Å². The Bertz CT molecular complexity index is 1540. The molecule has 7 heteroatoms. The molecule has 0 unspecified atom stereocenters. The van der Waals surface area contributed by atoms with E-state index < -0.39 is 5.91 Å². The quantitative estimate of drug-likeness (QED) is 0.454. The van der Waals surface area contributed by atoms with Crippen molar-refractivity contribution in [2.24, 2.45) is 0 Å². The number of carbonyl (C=O) groups is 1. The van der Waals surface area contributed by atoms with E-state index in [4.69, 9.17) is 0 Å². The summed E-state index contributed by atoms with van der Waals surface area (Å²) in [5.41, 5.74) is 2.68. The number of carbonyl (C=O) groups excluding carboxylic acids is 1. The summed E-state index contributed by atoms with van der Waals surface area (Å²) >= 11 is 0. The van der Waals surface area contributed by atoms with Crippen molar-refractivity contribution in [3.05, 3.63) is 113 Å². The highest BCUT2D eigenvalue weighted by molar-refractivity contribution is 6.11. The number of benzene rings is 3.